The average molecular weight is 365 g/mol. The summed E-state index contributed by atoms with van der Waals surface area (Å²) in [6.07, 6.45) is 5.06. The number of hydrogen-bond acceptors (Lipinski definition) is 6. The van der Waals surface area contributed by atoms with E-state index >= 15 is 0 Å². The van der Waals surface area contributed by atoms with E-state index in [9.17, 15) is 9.59 Å². The zero-order chi connectivity index (χ0) is 19.2. The van der Waals surface area contributed by atoms with Gasteiger partial charge in [-0.3, -0.25) is 9.78 Å². The number of aromatic nitrogens is 1. The monoisotopic (exact) mass is 365 g/mol. The number of benzene rings is 1. The van der Waals surface area contributed by atoms with Gasteiger partial charge in [0.25, 0.3) is 0 Å². The summed E-state index contributed by atoms with van der Waals surface area (Å²) < 4.78 is 16.4. The Hall–Kier alpha value is -3.41. The number of pyridine rings is 1. The summed E-state index contributed by atoms with van der Waals surface area (Å²) in [6.45, 7) is 4.07. The third-order valence-electron chi connectivity index (χ3n) is 3.77. The summed E-state index contributed by atoms with van der Waals surface area (Å²) in [4.78, 5) is 29.0. The molecule has 0 fully saturated rings. The summed E-state index contributed by atoms with van der Waals surface area (Å²) in [5, 5.41) is 0.263. The van der Waals surface area contributed by atoms with Crippen molar-refractivity contribution in [2.24, 2.45) is 0 Å². The SMILES string of the molecule is CCOC(=O)c1ccc2oc(/C=C/c3ccccn3)c(OCC)c(=O)c2c1. The number of ether oxygens (including phenoxy) is 2. The summed E-state index contributed by atoms with van der Waals surface area (Å²) in [5.74, 6) is -0.0991. The number of carbonyl (C=O) groups is 1. The van der Waals surface area contributed by atoms with Crippen LogP contribution in [0.2, 0.25) is 0 Å². The number of nitrogens with zero attached hydrogens (tertiary/aromatic N) is 1. The first-order valence-electron chi connectivity index (χ1n) is 8.64. The van der Waals surface area contributed by atoms with E-state index in [0.29, 0.717) is 18.0 Å². The third kappa shape index (κ3) is 4.06. The molecule has 0 saturated heterocycles. The number of fused-ring (bicyclic) bond motifs is 1. The normalized spacial score (nSPS) is 11.0. The number of carbonyl (C=O) groups excluding carboxylic acids is 1. The molecule has 3 aromatic rings. The molecule has 0 aliphatic heterocycles. The minimum atomic E-state index is -0.490. The summed E-state index contributed by atoms with van der Waals surface area (Å²) in [6, 6.07) is 10.1. The summed E-state index contributed by atoms with van der Waals surface area (Å²) >= 11 is 0. The van der Waals surface area contributed by atoms with Gasteiger partial charge in [0.15, 0.2) is 5.76 Å². The second-order valence-corrected chi connectivity index (χ2v) is 5.58. The van der Waals surface area contributed by atoms with Gasteiger partial charge in [-0.15, -0.1) is 0 Å². The molecule has 27 heavy (non-hydrogen) atoms. The Bertz CT molecular complexity index is 1040. The van der Waals surface area contributed by atoms with E-state index in [1.54, 1.807) is 44.3 Å². The molecule has 0 unspecified atom stereocenters. The lowest BCUT2D eigenvalue weighted by Crippen LogP contribution is -2.11. The zero-order valence-corrected chi connectivity index (χ0v) is 15.1. The van der Waals surface area contributed by atoms with Gasteiger partial charge < -0.3 is 13.9 Å². The molecule has 0 bridgehead atoms. The minimum Gasteiger partial charge on any atom is -0.487 e. The van der Waals surface area contributed by atoms with Gasteiger partial charge in [-0.1, -0.05) is 6.07 Å². The molecule has 0 N–H and O–H groups in total. The van der Waals surface area contributed by atoms with Crippen LogP contribution < -0.4 is 10.2 Å². The van der Waals surface area contributed by atoms with Crippen molar-refractivity contribution >= 4 is 29.1 Å². The van der Waals surface area contributed by atoms with Gasteiger partial charge in [-0.05, 0) is 56.3 Å². The van der Waals surface area contributed by atoms with Crippen molar-refractivity contribution in [3.05, 3.63) is 69.8 Å². The van der Waals surface area contributed by atoms with Crippen molar-refractivity contribution in [3.63, 3.8) is 0 Å². The second kappa shape index (κ2) is 8.31. The Kier molecular flexibility index (Phi) is 5.66. The predicted molar refractivity (Wildman–Crippen MR) is 103 cm³/mol. The van der Waals surface area contributed by atoms with E-state index in [0.717, 1.165) is 5.69 Å². The fourth-order valence-electron chi connectivity index (χ4n) is 2.56. The molecule has 0 saturated carbocycles. The molecule has 0 radical (unpaired) electrons. The van der Waals surface area contributed by atoms with Crippen LogP contribution in [0.5, 0.6) is 5.75 Å². The first-order chi connectivity index (χ1) is 13.1. The number of rotatable bonds is 6. The van der Waals surface area contributed by atoms with Crippen LogP contribution in [-0.2, 0) is 4.74 Å². The molecule has 1 aromatic carbocycles. The van der Waals surface area contributed by atoms with Crippen LogP contribution in [0.4, 0.5) is 0 Å². The van der Waals surface area contributed by atoms with Gasteiger partial charge in [0.1, 0.15) is 5.58 Å². The number of hydrogen-bond donors (Lipinski definition) is 0. The first-order valence-corrected chi connectivity index (χ1v) is 8.64. The van der Waals surface area contributed by atoms with E-state index in [-0.39, 0.29) is 28.7 Å². The molecule has 6 heteroatoms. The minimum absolute atomic E-state index is 0.0955. The first kappa shape index (κ1) is 18.4. The molecule has 2 heterocycles. The number of esters is 1. The van der Waals surface area contributed by atoms with Crippen molar-refractivity contribution in [2.45, 2.75) is 13.8 Å². The van der Waals surface area contributed by atoms with Gasteiger partial charge in [0, 0.05) is 6.20 Å². The van der Waals surface area contributed by atoms with Crippen molar-refractivity contribution in [1.29, 1.82) is 0 Å². The van der Waals surface area contributed by atoms with Crippen LogP contribution in [0.15, 0.2) is 51.8 Å². The maximum Gasteiger partial charge on any atom is 0.338 e. The Balaban J connectivity index is 2.10. The van der Waals surface area contributed by atoms with E-state index in [1.807, 2.05) is 18.2 Å². The van der Waals surface area contributed by atoms with E-state index < -0.39 is 5.97 Å². The maximum absolute atomic E-state index is 12.9. The van der Waals surface area contributed by atoms with Crippen LogP contribution in [0, 0.1) is 0 Å². The molecule has 3 rings (SSSR count). The van der Waals surface area contributed by atoms with Gasteiger partial charge in [0.05, 0.1) is 29.9 Å². The summed E-state index contributed by atoms with van der Waals surface area (Å²) in [5.41, 5.74) is 1.03. The van der Waals surface area contributed by atoms with Gasteiger partial charge in [-0.25, -0.2) is 4.79 Å². The van der Waals surface area contributed by atoms with Crippen molar-refractivity contribution in [1.82, 2.24) is 4.98 Å². The van der Waals surface area contributed by atoms with E-state index in [4.69, 9.17) is 13.9 Å². The lowest BCUT2D eigenvalue weighted by atomic mass is 10.1. The largest absolute Gasteiger partial charge is 0.487 e. The molecule has 0 amide bonds. The van der Waals surface area contributed by atoms with Gasteiger partial charge in [-0.2, -0.15) is 0 Å². The third-order valence-corrected chi connectivity index (χ3v) is 3.77. The average Bonchev–Trinajstić information content (AvgIpc) is 2.69. The van der Waals surface area contributed by atoms with Crippen LogP contribution in [0.1, 0.15) is 35.7 Å². The van der Waals surface area contributed by atoms with Crippen LogP contribution in [0.25, 0.3) is 23.1 Å². The smallest absolute Gasteiger partial charge is 0.338 e. The standard InChI is InChI=1S/C21H19NO5/c1-3-25-20-18(11-9-15-7-5-6-12-22-15)27-17-10-8-14(21(24)26-4-2)13-16(17)19(20)23/h5-13H,3-4H2,1-2H3/b11-9+. The molecule has 0 spiro atoms. The summed E-state index contributed by atoms with van der Waals surface area (Å²) in [7, 11) is 0. The second-order valence-electron chi connectivity index (χ2n) is 5.58. The maximum atomic E-state index is 12.9. The van der Waals surface area contributed by atoms with Gasteiger partial charge >= 0.3 is 5.97 Å². The van der Waals surface area contributed by atoms with E-state index in [2.05, 4.69) is 4.98 Å². The lowest BCUT2D eigenvalue weighted by molar-refractivity contribution is 0.0526. The molecular formula is C21H19NO5. The topological polar surface area (TPSA) is 78.6 Å². The van der Waals surface area contributed by atoms with Gasteiger partial charge in [0.2, 0.25) is 11.2 Å². The van der Waals surface area contributed by atoms with E-state index in [1.165, 1.54) is 6.07 Å². The Morgan fingerprint density at radius 1 is 1.15 bits per heavy atom. The van der Waals surface area contributed by atoms with Crippen molar-refractivity contribution in [3.8, 4) is 5.75 Å². The highest BCUT2D eigenvalue weighted by molar-refractivity contribution is 5.94. The fraction of sp³-hybridized carbons (Fsp3) is 0.190. The Labute approximate surface area is 156 Å². The van der Waals surface area contributed by atoms with Crippen molar-refractivity contribution < 1.29 is 18.7 Å². The fourth-order valence-corrected chi connectivity index (χ4v) is 2.56. The molecule has 0 aliphatic carbocycles. The molecule has 6 nitrogen and oxygen atoms in total. The quantitative estimate of drug-likeness (QED) is 0.616. The zero-order valence-electron chi connectivity index (χ0n) is 15.1. The Morgan fingerprint density at radius 3 is 2.70 bits per heavy atom. The Morgan fingerprint density at radius 2 is 2.00 bits per heavy atom. The predicted octanol–water partition coefficient (Wildman–Crippen LogP) is 3.93. The van der Waals surface area contributed by atoms with Crippen LogP contribution in [-0.4, -0.2) is 24.2 Å². The molecular weight excluding hydrogens is 346 g/mol. The van der Waals surface area contributed by atoms with Crippen molar-refractivity contribution in [2.75, 3.05) is 13.2 Å². The highest BCUT2D eigenvalue weighted by Crippen LogP contribution is 2.24. The van der Waals surface area contributed by atoms with Crippen LogP contribution in [0.3, 0.4) is 0 Å². The van der Waals surface area contributed by atoms with Crippen LogP contribution >= 0.6 is 0 Å². The highest BCUT2D eigenvalue weighted by Gasteiger charge is 2.16. The molecule has 138 valence electrons. The molecule has 0 aliphatic rings. The molecule has 2 aromatic heterocycles. The molecule has 0 atom stereocenters. The lowest BCUT2D eigenvalue weighted by Gasteiger charge is -2.09. The highest BCUT2D eigenvalue weighted by atomic mass is 16.5.